The monoisotopic (exact) mass is 414 g/mol. The Morgan fingerprint density at radius 2 is 2.21 bits per heavy atom. The molecule has 3 aliphatic rings. The Bertz CT molecular complexity index is 967. The number of carbonyl (C=O) groups excluding carboxylic acids is 1. The van der Waals surface area contributed by atoms with Crippen molar-refractivity contribution in [1.29, 1.82) is 5.26 Å². The highest BCUT2D eigenvalue weighted by Crippen LogP contribution is 2.42. The van der Waals surface area contributed by atoms with Gasteiger partial charge in [0.15, 0.2) is 0 Å². The predicted octanol–water partition coefficient (Wildman–Crippen LogP) is 4.04. The van der Waals surface area contributed by atoms with Gasteiger partial charge in [0.1, 0.15) is 16.8 Å². The van der Waals surface area contributed by atoms with Crippen molar-refractivity contribution in [3.63, 3.8) is 0 Å². The third-order valence-corrected chi connectivity index (χ3v) is 6.34. The van der Waals surface area contributed by atoms with Crippen molar-refractivity contribution in [1.82, 2.24) is 4.98 Å². The summed E-state index contributed by atoms with van der Waals surface area (Å²) in [6.07, 6.45) is 2.20. The van der Waals surface area contributed by atoms with Crippen LogP contribution in [0, 0.1) is 11.3 Å². The summed E-state index contributed by atoms with van der Waals surface area (Å²) < 4.78 is 5.25. The van der Waals surface area contributed by atoms with Gasteiger partial charge in [-0.25, -0.2) is 4.98 Å². The molecular formula is C20H19ClN4O2S. The minimum Gasteiger partial charge on any atom is -0.495 e. The zero-order chi connectivity index (χ0) is 19.7. The third kappa shape index (κ3) is 3.62. The van der Waals surface area contributed by atoms with E-state index in [9.17, 15) is 10.1 Å². The molecule has 0 saturated carbocycles. The lowest BCUT2D eigenvalue weighted by Crippen LogP contribution is -2.39. The van der Waals surface area contributed by atoms with Gasteiger partial charge in [0.05, 0.1) is 35.5 Å². The molecule has 2 aromatic rings. The summed E-state index contributed by atoms with van der Waals surface area (Å²) in [6.45, 7) is 2.06. The summed E-state index contributed by atoms with van der Waals surface area (Å²) in [5.41, 5.74) is 3.18. The molecule has 0 atom stereocenters. The van der Waals surface area contributed by atoms with Gasteiger partial charge in [-0.05, 0) is 37.1 Å². The number of nitrogens with one attached hydrogen (secondary N) is 1. The van der Waals surface area contributed by atoms with E-state index in [1.165, 1.54) is 18.9 Å². The average molecular weight is 415 g/mol. The standard InChI is InChI=1S/C20H19ClN4O2S/c1-27-17-3-2-14(21)9-15(17)23-18(26)11-28-20-13(10-22)8-16-19(24-20)12-4-6-25(16)7-5-12/h2-3,8-9,12H,4-7,11H2,1H3,(H,23,26). The molecule has 6 nitrogen and oxygen atoms in total. The van der Waals surface area contributed by atoms with E-state index < -0.39 is 0 Å². The summed E-state index contributed by atoms with van der Waals surface area (Å²) in [5, 5.41) is 13.5. The van der Waals surface area contributed by atoms with Crippen molar-refractivity contribution in [2.24, 2.45) is 0 Å². The second-order valence-electron chi connectivity index (χ2n) is 6.80. The zero-order valence-electron chi connectivity index (χ0n) is 15.4. The Hall–Kier alpha value is -2.43. The first-order chi connectivity index (χ1) is 13.6. The number of aromatic nitrogens is 1. The van der Waals surface area contributed by atoms with Crippen molar-refractivity contribution in [2.75, 3.05) is 36.2 Å². The molecule has 5 rings (SSSR count). The molecule has 1 amide bonds. The molecule has 4 heterocycles. The van der Waals surface area contributed by atoms with Crippen LogP contribution in [0.25, 0.3) is 0 Å². The lowest BCUT2D eigenvalue weighted by Gasteiger charge is -2.41. The molecule has 0 aliphatic carbocycles. The number of benzene rings is 1. The van der Waals surface area contributed by atoms with E-state index in [0.29, 0.717) is 33.0 Å². The molecule has 0 unspecified atom stereocenters. The van der Waals surface area contributed by atoms with Crippen LogP contribution in [0.4, 0.5) is 11.4 Å². The highest BCUT2D eigenvalue weighted by Gasteiger charge is 2.33. The number of hydrogen-bond acceptors (Lipinski definition) is 6. The van der Waals surface area contributed by atoms with Crippen LogP contribution < -0.4 is 15.0 Å². The Kier molecular flexibility index (Phi) is 5.33. The number of thioether (sulfide) groups is 1. The van der Waals surface area contributed by atoms with Gasteiger partial charge < -0.3 is 15.0 Å². The van der Waals surface area contributed by atoms with Gasteiger partial charge in [0.25, 0.3) is 0 Å². The highest BCUT2D eigenvalue weighted by molar-refractivity contribution is 8.00. The molecule has 1 fully saturated rings. The molecule has 2 bridgehead atoms. The lowest BCUT2D eigenvalue weighted by molar-refractivity contribution is -0.113. The number of fused-ring (bicyclic) bond motifs is 2. The lowest BCUT2D eigenvalue weighted by atomic mass is 9.86. The van der Waals surface area contributed by atoms with Crippen molar-refractivity contribution >= 4 is 40.6 Å². The Morgan fingerprint density at radius 3 is 2.93 bits per heavy atom. The van der Waals surface area contributed by atoms with Crippen LogP contribution in [-0.2, 0) is 4.79 Å². The molecule has 0 spiro atoms. The van der Waals surface area contributed by atoms with Crippen LogP contribution >= 0.6 is 23.4 Å². The van der Waals surface area contributed by atoms with E-state index in [4.69, 9.17) is 21.3 Å². The SMILES string of the molecule is COc1ccc(Cl)cc1NC(=O)CSc1nc2c(cc1C#N)N1CCC2CC1. The number of methoxy groups -OCH3 is 1. The number of amides is 1. The summed E-state index contributed by atoms with van der Waals surface area (Å²) >= 11 is 7.28. The molecule has 3 aliphatic heterocycles. The second-order valence-corrected chi connectivity index (χ2v) is 8.20. The zero-order valence-corrected chi connectivity index (χ0v) is 16.9. The predicted molar refractivity (Wildman–Crippen MR) is 110 cm³/mol. The Labute approximate surface area is 172 Å². The van der Waals surface area contributed by atoms with E-state index in [1.54, 1.807) is 18.2 Å². The number of hydrogen-bond donors (Lipinski definition) is 1. The van der Waals surface area contributed by atoms with Gasteiger partial charge >= 0.3 is 0 Å². The first-order valence-corrected chi connectivity index (χ1v) is 10.4. The maximum absolute atomic E-state index is 12.4. The molecular weight excluding hydrogens is 396 g/mol. The molecule has 1 N–H and O–H groups in total. The summed E-state index contributed by atoms with van der Waals surface area (Å²) in [4.78, 5) is 19.5. The van der Waals surface area contributed by atoms with Crippen LogP contribution in [0.15, 0.2) is 29.3 Å². The third-order valence-electron chi connectivity index (χ3n) is 5.11. The summed E-state index contributed by atoms with van der Waals surface area (Å²) in [7, 11) is 1.54. The van der Waals surface area contributed by atoms with Crippen LogP contribution in [0.2, 0.25) is 5.02 Å². The van der Waals surface area contributed by atoms with Crippen LogP contribution in [0.3, 0.4) is 0 Å². The molecule has 144 valence electrons. The summed E-state index contributed by atoms with van der Waals surface area (Å²) in [5.74, 6) is 0.929. The summed E-state index contributed by atoms with van der Waals surface area (Å²) in [6, 6.07) is 9.20. The van der Waals surface area contributed by atoms with Gasteiger partial charge in [0.2, 0.25) is 5.91 Å². The van der Waals surface area contributed by atoms with Crippen LogP contribution in [-0.4, -0.2) is 36.8 Å². The number of ether oxygens (including phenoxy) is 1. The average Bonchev–Trinajstić information content (AvgIpc) is 2.72. The van der Waals surface area contributed by atoms with Crippen LogP contribution in [0.5, 0.6) is 5.75 Å². The number of rotatable bonds is 5. The fraction of sp³-hybridized carbons (Fsp3) is 0.350. The normalized spacial score (nSPS) is 15.1. The molecule has 8 heteroatoms. The molecule has 1 aromatic heterocycles. The quantitative estimate of drug-likeness (QED) is 0.744. The van der Waals surface area contributed by atoms with E-state index in [-0.39, 0.29) is 11.7 Å². The Balaban J connectivity index is 1.49. The first kappa shape index (κ1) is 18.9. The molecule has 28 heavy (non-hydrogen) atoms. The number of halogens is 1. The number of carbonyl (C=O) groups is 1. The molecule has 0 radical (unpaired) electrons. The van der Waals surface area contributed by atoms with Crippen molar-refractivity contribution in [3.8, 4) is 11.8 Å². The number of piperidine rings is 1. The minimum atomic E-state index is -0.209. The molecule has 1 aromatic carbocycles. The van der Waals surface area contributed by atoms with E-state index in [2.05, 4.69) is 16.3 Å². The van der Waals surface area contributed by atoms with Crippen LogP contribution in [0.1, 0.15) is 30.0 Å². The van der Waals surface area contributed by atoms with E-state index >= 15 is 0 Å². The number of nitrogens with zero attached hydrogens (tertiary/aromatic N) is 3. The maximum atomic E-state index is 12.4. The van der Waals surface area contributed by atoms with E-state index in [1.807, 2.05) is 6.07 Å². The fourth-order valence-corrected chi connectivity index (χ4v) is 4.67. The van der Waals surface area contributed by atoms with E-state index in [0.717, 1.165) is 37.3 Å². The van der Waals surface area contributed by atoms with Gasteiger partial charge in [0, 0.05) is 24.0 Å². The molecule has 1 saturated heterocycles. The highest BCUT2D eigenvalue weighted by atomic mass is 35.5. The topological polar surface area (TPSA) is 78.2 Å². The number of pyridine rings is 1. The van der Waals surface area contributed by atoms with Crippen molar-refractivity contribution < 1.29 is 9.53 Å². The maximum Gasteiger partial charge on any atom is 0.234 e. The number of nitriles is 1. The van der Waals surface area contributed by atoms with Gasteiger partial charge in [-0.2, -0.15) is 5.26 Å². The van der Waals surface area contributed by atoms with Crippen molar-refractivity contribution in [2.45, 2.75) is 23.8 Å². The van der Waals surface area contributed by atoms with Crippen molar-refractivity contribution in [3.05, 3.63) is 40.5 Å². The largest absolute Gasteiger partial charge is 0.495 e. The van der Waals surface area contributed by atoms with Gasteiger partial charge in [-0.1, -0.05) is 23.4 Å². The minimum absolute atomic E-state index is 0.143. The number of anilines is 2. The van der Waals surface area contributed by atoms with Gasteiger partial charge in [-0.15, -0.1) is 0 Å². The fourth-order valence-electron chi connectivity index (χ4n) is 3.74. The smallest absolute Gasteiger partial charge is 0.234 e. The Morgan fingerprint density at radius 1 is 1.43 bits per heavy atom. The second kappa shape index (κ2) is 7.90. The first-order valence-electron chi connectivity index (χ1n) is 9.05. The van der Waals surface area contributed by atoms with Gasteiger partial charge in [-0.3, -0.25) is 4.79 Å².